The molecule has 1 rings (SSSR count). The van der Waals surface area contributed by atoms with Crippen LogP contribution in [0.4, 0.5) is 8.78 Å². The van der Waals surface area contributed by atoms with Crippen molar-refractivity contribution in [2.45, 2.75) is 17.4 Å². The fourth-order valence-corrected chi connectivity index (χ4v) is 2.48. The number of primary amides is 1. The zero-order chi connectivity index (χ0) is 15.5. The van der Waals surface area contributed by atoms with E-state index in [0.29, 0.717) is 12.1 Å². The van der Waals surface area contributed by atoms with Gasteiger partial charge in [0.1, 0.15) is 6.04 Å². The number of sulfonamides is 1. The average Bonchev–Trinajstić information content (AvgIpc) is 2.30. The number of halogens is 2. The Morgan fingerprint density at radius 1 is 1.30 bits per heavy atom. The Morgan fingerprint density at radius 3 is 2.35 bits per heavy atom. The van der Waals surface area contributed by atoms with Crippen LogP contribution >= 0.6 is 0 Å². The van der Waals surface area contributed by atoms with Gasteiger partial charge in [-0.2, -0.15) is 4.72 Å². The van der Waals surface area contributed by atoms with Crippen molar-refractivity contribution in [1.82, 2.24) is 4.72 Å². The first-order valence-electron chi connectivity index (χ1n) is 5.12. The fraction of sp³-hybridized carbons (Fsp3) is 0.200. The molecule has 1 atom stereocenters. The molecule has 1 amide bonds. The lowest BCUT2D eigenvalue weighted by molar-refractivity contribution is -0.140. The lowest BCUT2D eigenvalue weighted by atomic mass is 10.2. The topological polar surface area (TPSA) is 127 Å². The molecule has 0 aliphatic heterocycles. The summed E-state index contributed by atoms with van der Waals surface area (Å²) >= 11 is 0. The van der Waals surface area contributed by atoms with Crippen molar-refractivity contribution in [3.05, 3.63) is 29.8 Å². The Bertz CT molecular complexity index is 647. The molecule has 1 aromatic rings. The van der Waals surface area contributed by atoms with Gasteiger partial charge in [-0.05, 0) is 18.2 Å². The SMILES string of the molecule is NC(=O)CC(NS(=O)(=O)c1ccc(F)c(F)c1)C(=O)O. The number of rotatable bonds is 6. The highest BCUT2D eigenvalue weighted by atomic mass is 32.2. The Labute approximate surface area is 112 Å². The van der Waals surface area contributed by atoms with Crippen LogP contribution in [0.5, 0.6) is 0 Å². The third-order valence-electron chi connectivity index (χ3n) is 2.20. The van der Waals surface area contributed by atoms with E-state index in [1.165, 1.54) is 0 Å². The third-order valence-corrected chi connectivity index (χ3v) is 3.67. The number of nitrogens with one attached hydrogen (secondary N) is 1. The van der Waals surface area contributed by atoms with E-state index in [1.807, 2.05) is 0 Å². The summed E-state index contributed by atoms with van der Waals surface area (Å²) in [5.74, 6) is -5.33. The molecule has 20 heavy (non-hydrogen) atoms. The molecule has 0 bridgehead atoms. The van der Waals surface area contributed by atoms with Crippen LogP contribution in [0.1, 0.15) is 6.42 Å². The van der Waals surface area contributed by atoms with E-state index in [0.717, 1.165) is 6.07 Å². The number of carbonyl (C=O) groups is 2. The van der Waals surface area contributed by atoms with E-state index in [9.17, 15) is 26.8 Å². The summed E-state index contributed by atoms with van der Waals surface area (Å²) in [4.78, 5) is 20.8. The molecule has 7 nitrogen and oxygen atoms in total. The van der Waals surface area contributed by atoms with E-state index >= 15 is 0 Å². The van der Waals surface area contributed by atoms with Gasteiger partial charge in [0.05, 0.1) is 11.3 Å². The maximum absolute atomic E-state index is 13.0. The second-order valence-electron chi connectivity index (χ2n) is 3.76. The van der Waals surface area contributed by atoms with Crippen LogP contribution in [0, 0.1) is 11.6 Å². The molecular formula is C10H10F2N2O5S. The predicted octanol–water partition coefficient (Wildman–Crippen LogP) is -0.428. The van der Waals surface area contributed by atoms with Crippen LogP contribution in [0.3, 0.4) is 0 Å². The molecule has 0 aromatic heterocycles. The van der Waals surface area contributed by atoms with Gasteiger partial charge in [0.15, 0.2) is 11.6 Å². The van der Waals surface area contributed by atoms with Crippen molar-refractivity contribution >= 4 is 21.9 Å². The predicted molar refractivity (Wildman–Crippen MR) is 61.9 cm³/mol. The van der Waals surface area contributed by atoms with Gasteiger partial charge >= 0.3 is 5.97 Å². The average molecular weight is 308 g/mol. The van der Waals surface area contributed by atoms with Crippen molar-refractivity contribution in [2.24, 2.45) is 5.73 Å². The summed E-state index contributed by atoms with van der Waals surface area (Å²) in [6.45, 7) is 0. The van der Waals surface area contributed by atoms with Gasteiger partial charge in [-0.15, -0.1) is 0 Å². The summed E-state index contributed by atoms with van der Waals surface area (Å²) in [7, 11) is -4.43. The monoisotopic (exact) mass is 308 g/mol. The molecule has 1 aromatic carbocycles. The normalized spacial score (nSPS) is 12.9. The highest BCUT2D eigenvalue weighted by molar-refractivity contribution is 7.89. The molecule has 0 radical (unpaired) electrons. The number of carboxylic acid groups (broad SMARTS) is 1. The quantitative estimate of drug-likeness (QED) is 0.657. The van der Waals surface area contributed by atoms with Crippen LogP contribution < -0.4 is 10.5 Å². The van der Waals surface area contributed by atoms with Gasteiger partial charge in [-0.1, -0.05) is 0 Å². The minimum atomic E-state index is -4.43. The second kappa shape index (κ2) is 5.92. The van der Waals surface area contributed by atoms with Gasteiger partial charge in [0.25, 0.3) is 0 Å². The highest BCUT2D eigenvalue weighted by Gasteiger charge is 2.27. The number of aliphatic carboxylic acids is 1. The Balaban J connectivity index is 3.06. The first-order chi connectivity index (χ1) is 9.13. The zero-order valence-electron chi connectivity index (χ0n) is 9.84. The van der Waals surface area contributed by atoms with Crippen LogP contribution in [-0.2, 0) is 19.6 Å². The highest BCUT2D eigenvalue weighted by Crippen LogP contribution is 2.14. The third kappa shape index (κ3) is 3.96. The van der Waals surface area contributed by atoms with Gasteiger partial charge in [0.2, 0.25) is 15.9 Å². The van der Waals surface area contributed by atoms with Crippen molar-refractivity contribution in [3.8, 4) is 0 Å². The standard InChI is InChI=1S/C10H10F2N2O5S/c11-6-2-1-5(3-7(6)12)20(18,19)14-8(10(16)17)4-9(13)15/h1-3,8,14H,4H2,(H2,13,15)(H,16,17). The number of carboxylic acids is 1. The lowest BCUT2D eigenvalue weighted by Crippen LogP contribution is -2.43. The van der Waals surface area contributed by atoms with Gasteiger partial charge < -0.3 is 10.8 Å². The number of hydrogen-bond donors (Lipinski definition) is 3. The maximum atomic E-state index is 13.0. The summed E-state index contributed by atoms with van der Waals surface area (Å²) < 4.78 is 50.9. The molecule has 0 aliphatic carbocycles. The Hall–Kier alpha value is -2.07. The largest absolute Gasteiger partial charge is 0.480 e. The molecule has 4 N–H and O–H groups in total. The van der Waals surface area contributed by atoms with Crippen molar-refractivity contribution < 1.29 is 31.9 Å². The Morgan fingerprint density at radius 2 is 1.90 bits per heavy atom. The molecule has 1 unspecified atom stereocenters. The summed E-state index contributed by atoms with van der Waals surface area (Å²) in [5, 5.41) is 8.76. The molecule has 0 aliphatic rings. The maximum Gasteiger partial charge on any atom is 0.322 e. The van der Waals surface area contributed by atoms with Crippen molar-refractivity contribution in [1.29, 1.82) is 0 Å². The fourth-order valence-electron chi connectivity index (χ4n) is 1.28. The first kappa shape index (κ1) is 16.0. The van der Waals surface area contributed by atoms with Crippen molar-refractivity contribution in [2.75, 3.05) is 0 Å². The van der Waals surface area contributed by atoms with E-state index in [1.54, 1.807) is 4.72 Å². The van der Waals surface area contributed by atoms with E-state index in [2.05, 4.69) is 0 Å². The first-order valence-corrected chi connectivity index (χ1v) is 6.60. The molecule has 0 saturated carbocycles. The lowest BCUT2D eigenvalue weighted by Gasteiger charge is -2.13. The number of carbonyl (C=O) groups excluding carboxylic acids is 1. The molecule has 10 heteroatoms. The molecule has 0 heterocycles. The van der Waals surface area contributed by atoms with Gasteiger partial charge in [0, 0.05) is 0 Å². The van der Waals surface area contributed by atoms with Gasteiger partial charge in [-0.25, -0.2) is 17.2 Å². The zero-order valence-corrected chi connectivity index (χ0v) is 10.7. The van der Waals surface area contributed by atoms with Crippen LogP contribution in [-0.4, -0.2) is 31.4 Å². The number of hydrogen-bond acceptors (Lipinski definition) is 4. The summed E-state index contributed by atoms with van der Waals surface area (Å²) in [6, 6.07) is -0.0796. The van der Waals surface area contributed by atoms with E-state index < -0.39 is 50.9 Å². The molecule has 110 valence electrons. The molecule has 0 spiro atoms. The van der Waals surface area contributed by atoms with Gasteiger partial charge in [-0.3, -0.25) is 9.59 Å². The number of benzene rings is 1. The summed E-state index contributed by atoms with van der Waals surface area (Å²) in [5.41, 5.74) is 4.79. The molecular weight excluding hydrogens is 298 g/mol. The van der Waals surface area contributed by atoms with Crippen molar-refractivity contribution in [3.63, 3.8) is 0 Å². The second-order valence-corrected chi connectivity index (χ2v) is 5.47. The number of amides is 1. The minimum Gasteiger partial charge on any atom is -0.480 e. The van der Waals surface area contributed by atoms with Crippen LogP contribution in [0.25, 0.3) is 0 Å². The van der Waals surface area contributed by atoms with Crippen LogP contribution in [0.2, 0.25) is 0 Å². The minimum absolute atomic E-state index is 0.390. The van der Waals surface area contributed by atoms with E-state index in [-0.39, 0.29) is 0 Å². The molecule has 0 saturated heterocycles. The smallest absolute Gasteiger partial charge is 0.322 e. The van der Waals surface area contributed by atoms with E-state index in [4.69, 9.17) is 10.8 Å². The summed E-state index contributed by atoms with van der Waals surface area (Å²) in [6.07, 6.45) is -0.780. The number of nitrogens with two attached hydrogens (primary N) is 1. The molecule has 0 fully saturated rings. The van der Waals surface area contributed by atoms with Crippen LogP contribution in [0.15, 0.2) is 23.1 Å². The Kier molecular flexibility index (Phi) is 4.73.